The van der Waals surface area contributed by atoms with Gasteiger partial charge in [0.25, 0.3) is 0 Å². The fourth-order valence-electron chi connectivity index (χ4n) is 2.00. The van der Waals surface area contributed by atoms with Crippen LogP contribution in [0.4, 0.5) is 4.39 Å². The monoisotopic (exact) mass is 297 g/mol. The van der Waals surface area contributed by atoms with E-state index in [2.05, 4.69) is 22.0 Å². The number of hydrogen-bond donors (Lipinski definition) is 0. The van der Waals surface area contributed by atoms with Crippen molar-refractivity contribution in [3.63, 3.8) is 0 Å². The minimum Gasteiger partial charge on any atom is -0.399 e. The molecule has 5 heteroatoms. The molecule has 1 aromatic carbocycles. The largest absolute Gasteiger partial charge is 0.399 e. The van der Waals surface area contributed by atoms with Crippen molar-refractivity contribution in [3.8, 4) is 11.8 Å². The summed E-state index contributed by atoms with van der Waals surface area (Å²) in [5.41, 5.74) is 1.27. The Balaban J connectivity index is 1.76. The third-order valence-electron chi connectivity index (χ3n) is 3.43. The molecule has 0 aliphatic heterocycles. The quantitative estimate of drug-likeness (QED) is 0.494. The van der Waals surface area contributed by atoms with Gasteiger partial charge in [0.15, 0.2) is 5.67 Å². The first-order chi connectivity index (χ1) is 10.7. The molecule has 0 saturated heterocycles. The number of benzene rings is 1. The highest BCUT2D eigenvalue weighted by Gasteiger charge is 2.41. The van der Waals surface area contributed by atoms with Crippen molar-refractivity contribution in [3.05, 3.63) is 54.1 Å². The molecule has 1 saturated carbocycles. The molecule has 112 valence electrons. The molecule has 0 atom stereocenters. The van der Waals surface area contributed by atoms with E-state index in [1.54, 1.807) is 12.5 Å². The van der Waals surface area contributed by atoms with Crippen molar-refractivity contribution in [2.45, 2.75) is 25.1 Å². The minimum absolute atomic E-state index is 0.549. The van der Waals surface area contributed by atoms with Crippen LogP contribution in [0.25, 0.3) is 0 Å². The first-order valence-electron chi connectivity index (χ1n) is 7.07. The van der Waals surface area contributed by atoms with Gasteiger partial charge in [-0.25, -0.2) is 9.37 Å². The predicted octanol–water partition coefficient (Wildman–Crippen LogP) is 2.79. The van der Waals surface area contributed by atoms with E-state index in [9.17, 15) is 4.39 Å². The highest BCUT2D eigenvalue weighted by atomic mass is 19.1. The van der Waals surface area contributed by atoms with Gasteiger partial charge in [-0.3, -0.25) is 0 Å². The molecule has 0 unspecified atom stereocenters. The Hall–Kier alpha value is -2.61. The molecule has 0 amide bonds. The van der Waals surface area contributed by atoms with Crippen LogP contribution >= 0.6 is 0 Å². The number of alkyl halides is 1. The van der Waals surface area contributed by atoms with Gasteiger partial charge in [-0.2, -0.15) is 0 Å². The lowest BCUT2D eigenvalue weighted by Crippen LogP contribution is -2.11. The molecule has 4 nitrogen and oxygen atoms in total. The molecule has 0 spiro atoms. The van der Waals surface area contributed by atoms with Gasteiger partial charge < -0.3 is 9.40 Å². The van der Waals surface area contributed by atoms with Gasteiger partial charge in [-0.1, -0.05) is 29.1 Å². The topological polar surface area (TPSA) is 39.4 Å². The van der Waals surface area contributed by atoms with E-state index in [-0.39, 0.29) is 0 Å². The zero-order valence-corrected chi connectivity index (χ0v) is 12.3. The zero-order valence-electron chi connectivity index (χ0n) is 12.3. The van der Waals surface area contributed by atoms with Crippen LogP contribution in [-0.4, -0.2) is 28.0 Å². The summed E-state index contributed by atoms with van der Waals surface area (Å²) in [6.07, 6.45) is 6.40. The highest BCUT2D eigenvalue weighted by molar-refractivity contribution is 6.00. The summed E-state index contributed by atoms with van der Waals surface area (Å²) in [5.74, 6) is 5.55. The Morgan fingerprint density at radius 2 is 2.18 bits per heavy atom. The Bertz CT molecular complexity index is 720. The van der Waals surface area contributed by atoms with E-state index in [4.69, 9.17) is 4.84 Å². The molecule has 1 aliphatic carbocycles. The first kappa shape index (κ1) is 14.3. The van der Waals surface area contributed by atoms with E-state index in [0.717, 1.165) is 16.8 Å². The average molecular weight is 297 g/mol. The molecule has 1 aromatic heterocycles. The number of oxime groups is 1. The predicted molar refractivity (Wildman–Crippen MR) is 82.2 cm³/mol. The number of halogens is 1. The summed E-state index contributed by atoms with van der Waals surface area (Å²) < 4.78 is 15.4. The smallest absolute Gasteiger partial charge is 0.171 e. The fraction of sp³-hybridized carbons (Fsp3) is 0.294. The number of hydrogen-bond acceptors (Lipinski definition) is 3. The van der Waals surface area contributed by atoms with Crippen molar-refractivity contribution in [1.29, 1.82) is 0 Å². The van der Waals surface area contributed by atoms with Crippen LogP contribution in [0.15, 0.2) is 48.1 Å². The average Bonchev–Trinajstić information content (AvgIpc) is 3.05. The van der Waals surface area contributed by atoms with E-state index >= 15 is 0 Å². The van der Waals surface area contributed by atoms with Gasteiger partial charge in [-0.05, 0) is 25.0 Å². The van der Waals surface area contributed by atoms with Gasteiger partial charge in [0.1, 0.15) is 12.8 Å². The maximum absolute atomic E-state index is 13.5. The van der Waals surface area contributed by atoms with Gasteiger partial charge in [0.05, 0.1) is 12.9 Å². The Morgan fingerprint density at radius 3 is 2.77 bits per heavy atom. The second-order valence-electron chi connectivity index (χ2n) is 5.25. The van der Waals surface area contributed by atoms with Crippen molar-refractivity contribution in [1.82, 2.24) is 9.55 Å². The Kier molecular flexibility index (Phi) is 3.92. The SMILES string of the molecule is CON=C(Cn1ccnc1)c1ccc(C#CC2(F)CC2)cc1. The summed E-state index contributed by atoms with van der Waals surface area (Å²) in [7, 11) is 1.52. The molecule has 1 fully saturated rings. The maximum atomic E-state index is 13.5. The van der Waals surface area contributed by atoms with Gasteiger partial charge >= 0.3 is 0 Å². The minimum atomic E-state index is -1.25. The number of rotatable bonds is 4. The molecule has 2 aromatic rings. The number of nitrogens with zero attached hydrogens (tertiary/aromatic N) is 3. The van der Waals surface area contributed by atoms with Crippen LogP contribution in [-0.2, 0) is 11.4 Å². The van der Waals surface area contributed by atoms with E-state index in [1.165, 1.54) is 7.11 Å². The van der Waals surface area contributed by atoms with Crippen molar-refractivity contribution in [2.75, 3.05) is 7.11 Å². The molecular formula is C17H16FN3O. The van der Waals surface area contributed by atoms with Crippen molar-refractivity contribution >= 4 is 5.71 Å². The molecule has 22 heavy (non-hydrogen) atoms. The zero-order chi connectivity index (χ0) is 15.4. The van der Waals surface area contributed by atoms with Gasteiger partial charge in [0.2, 0.25) is 0 Å². The summed E-state index contributed by atoms with van der Waals surface area (Å²) in [6.45, 7) is 0.562. The maximum Gasteiger partial charge on any atom is 0.171 e. The van der Waals surface area contributed by atoms with Crippen LogP contribution in [0.3, 0.4) is 0 Å². The second kappa shape index (κ2) is 6.02. The highest BCUT2D eigenvalue weighted by Crippen LogP contribution is 2.38. The normalized spacial score (nSPS) is 15.8. The Morgan fingerprint density at radius 1 is 1.41 bits per heavy atom. The summed E-state index contributed by atoms with van der Waals surface area (Å²) in [4.78, 5) is 8.92. The molecular weight excluding hydrogens is 281 g/mol. The molecule has 0 radical (unpaired) electrons. The second-order valence-corrected chi connectivity index (χ2v) is 5.25. The standard InChI is InChI=1S/C17H16FN3O/c1-22-20-16(12-21-11-10-19-13-21)15-4-2-14(3-5-15)6-7-17(18)8-9-17/h2-5,10-11,13H,8-9,12H2,1H3. The van der Waals surface area contributed by atoms with Crippen LogP contribution < -0.4 is 0 Å². The van der Waals surface area contributed by atoms with Crippen LogP contribution in [0.2, 0.25) is 0 Å². The fourth-order valence-corrected chi connectivity index (χ4v) is 2.00. The van der Waals surface area contributed by atoms with Crippen LogP contribution in [0, 0.1) is 11.8 Å². The van der Waals surface area contributed by atoms with Crippen LogP contribution in [0.5, 0.6) is 0 Å². The lowest BCUT2D eigenvalue weighted by Gasteiger charge is -2.07. The molecule has 0 bridgehead atoms. The van der Waals surface area contributed by atoms with E-state index < -0.39 is 5.67 Å². The van der Waals surface area contributed by atoms with Crippen LogP contribution in [0.1, 0.15) is 24.0 Å². The van der Waals surface area contributed by atoms with E-state index in [0.29, 0.717) is 19.4 Å². The molecule has 1 aliphatic rings. The molecule has 3 rings (SSSR count). The third kappa shape index (κ3) is 3.53. The third-order valence-corrected chi connectivity index (χ3v) is 3.43. The summed E-state index contributed by atoms with van der Waals surface area (Å²) in [5, 5.41) is 4.07. The van der Waals surface area contributed by atoms with Gasteiger partial charge in [-0.15, -0.1) is 0 Å². The van der Waals surface area contributed by atoms with Crippen molar-refractivity contribution < 1.29 is 9.23 Å². The number of imidazole rings is 1. The summed E-state index contributed by atoms with van der Waals surface area (Å²) >= 11 is 0. The first-order valence-corrected chi connectivity index (χ1v) is 7.07. The van der Waals surface area contributed by atoms with E-state index in [1.807, 2.05) is 35.0 Å². The summed E-state index contributed by atoms with van der Waals surface area (Å²) in [6, 6.07) is 7.56. The number of aromatic nitrogens is 2. The lowest BCUT2D eigenvalue weighted by atomic mass is 10.1. The lowest BCUT2D eigenvalue weighted by molar-refractivity contribution is 0.212. The molecule has 1 heterocycles. The Labute approximate surface area is 128 Å². The van der Waals surface area contributed by atoms with Crippen molar-refractivity contribution in [2.24, 2.45) is 5.16 Å². The van der Waals surface area contributed by atoms with Gasteiger partial charge in [0, 0.05) is 23.5 Å². The molecule has 0 N–H and O–H groups in total.